The van der Waals surface area contributed by atoms with Crippen LogP contribution in [-0.2, 0) is 31.5 Å². The number of hydrogen-bond donors (Lipinski definition) is 2. The molecular weight excluding hydrogens is 991 g/mol. The molecule has 0 saturated carbocycles. The Kier molecular flexibility index (Phi) is 15.4. The molecule has 4 atom stereocenters. The van der Waals surface area contributed by atoms with Crippen molar-refractivity contribution >= 4 is 12.2 Å². The normalized spacial score (nSPS) is 21.6. The molecule has 4 aromatic carbocycles. The maximum absolute atomic E-state index is 13.6. The quantitative estimate of drug-likeness (QED) is 0.187. The summed E-state index contributed by atoms with van der Waals surface area (Å²) < 4.78 is 197. The minimum absolute atomic E-state index is 0.0466. The second-order valence-corrected chi connectivity index (χ2v) is 20.3. The Labute approximate surface area is 405 Å². The number of benzene rings is 4. The first-order valence-corrected chi connectivity index (χ1v) is 22.0. The highest BCUT2D eigenvalue weighted by molar-refractivity contribution is 5.70. The van der Waals surface area contributed by atoms with Crippen molar-refractivity contribution in [2.45, 2.75) is 125 Å². The van der Waals surface area contributed by atoms with E-state index in [0.29, 0.717) is 46.5 Å². The van der Waals surface area contributed by atoms with Crippen LogP contribution in [0.3, 0.4) is 0 Å². The molecule has 0 aromatic heterocycles. The van der Waals surface area contributed by atoms with Crippen LogP contribution in [-0.4, -0.2) is 94.3 Å². The second kappa shape index (κ2) is 19.3. The van der Waals surface area contributed by atoms with Gasteiger partial charge in [-0.05, 0) is 88.1 Å². The number of hydrogen-bond acceptors (Lipinski definition) is 6. The first kappa shape index (κ1) is 57.3. The monoisotopic (exact) mass is 1040 g/mol. The molecule has 0 unspecified atom stereocenters. The number of nitrogens with zero attached hydrogens (tertiary/aromatic N) is 2. The van der Waals surface area contributed by atoms with Gasteiger partial charge in [0.05, 0.1) is 0 Å². The Morgan fingerprint density at radius 2 is 0.722 bits per heavy atom. The number of amides is 2. The smallest absolute Gasteiger partial charge is 0.430 e. The predicted molar refractivity (Wildman–Crippen MR) is 233 cm³/mol. The number of carbonyl (C=O) groups excluding carboxylic acids is 2. The van der Waals surface area contributed by atoms with E-state index in [1.807, 2.05) is 0 Å². The molecule has 72 heavy (non-hydrogen) atoms. The summed E-state index contributed by atoms with van der Waals surface area (Å²) in [6.45, 7) is 13.9. The Balaban J connectivity index is 0.000000267. The summed E-state index contributed by atoms with van der Waals surface area (Å²) in [5, 5.41) is 19.4. The van der Waals surface area contributed by atoms with Gasteiger partial charge in [0.25, 0.3) is 11.2 Å². The Hall–Kier alpha value is -5.64. The van der Waals surface area contributed by atoms with Gasteiger partial charge >= 0.3 is 36.9 Å². The lowest BCUT2D eigenvalue weighted by molar-refractivity contribution is -0.376. The largest absolute Gasteiger partial charge is 0.444 e. The van der Waals surface area contributed by atoms with E-state index in [1.54, 1.807) is 55.4 Å². The van der Waals surface area contributed by atoms with Crippen LogP contribution in [0, 0.1) is 11.6 Å². The molecule has 396 valence electrons. The number of rotatable bonds is 6. The fourth-order valence-electron chi connectivity index (χ4n) is 9.00. The van der Waals surface area contributed by atoms with E-state index in [4.69, 9.17) is 9.47 Å². The Morgan fingerprint density at radius 3 is 0.944 bits per heavy atom. The molecule has 0 bridgehead atoms. The van der Waals surface area contributed by atoms with E-state index < -0.39 is 105 Å². The Morgan fingerprint density at radius 1 is 0.472 bits per heavy atom. The molecular formula is C50H52F14N2O6. The zero-order chi connectivity index (χ0) is 54.6. The highest BCUT2D eigenvalue weighted by Gasteiger charge is 2.72. The third-order valence-corrected chi connectivity index (χ3v) is 12.8. The molecule has 2 aliphatic heterocycles. The zero-order valence-electron chi connectivity index (χ0n) is 39.9. The van der Waals surface area contributed by atoms with Gasteiger partial charge in [-0.25, -0.2) is 18.4 Å². The lowest BCUT2D eigenvalue weighted by atomic mass is 9.71. The van der Waals surface area contributed by atoms with Crippen LogP contribution in [0.4, 0.5) is 71.1 Å². The van der Waals surface area contributed by atoms with Gasteiger partial charge in [0.15, 0.2) is 0 Å². The second-order valence-electron chi connectivity index (χ2n) is 20.3. The molecule has 2 saturated heterocycles. The first-order valence-electron chi connectivity index (χ1n) is 22.0. The molecule has 2 aliphatic rings. The van der Waals surface area contributed by atoms with E-state index in [9.17, 15) is 81.3 Å². The van der Waals surface area contributed by atoms with Gasteiger partial charge in [0.2, 0.25) is 0 Å². The van der Waals surface area contributed by atoms with Crippen molar-refractivity contribution in [3.63, 3.8) is 0 Å². The minimum atomic E-state index is -6.00. The van der Waals surface area contributed by atoms with Gasteiger partial charge in [0, 0.05) is 60.0 Å². The SMILES string of the molecule is CC(C)(C)OC(=O)N1C[C@@H](c2ccc(C(O)(C(F)(F)F)C(F)(F)F)cc2)[C@@](C)(c2ccc(F)cc2)C1.CC(C)(C)OC(=O)N1C[C@H](c2ccc(C(O)(C(F)(F)F)C(F)(F)F)cc2)[C@](C)(c2ccc(F)cc2)C1. The molecule has 2 fully saturated rings. The molecule has 2 N–H and O–H groups in total. The van der Waals surface area contributed by atoms with Crippen LogP contribution >= 0.6 is 0 Å². The zero-order valence-corrected chi connectivity index (χ0v) is 39.9. The third kappa shape index (κ3) is 11.4. The van der Waals surface area contributed by atoms with Gasteiger partial charge in [-0.1, -0.05) is 86.6 Å². The van der Waals surface area contributed by atoms with Gasteiger partial charge in [-0.3, -0.25) is 0 Å². The van der Waals surface area contributed by atoms with Gasteiger partial charge in [-0.2, -0.15) is 52.7 Å². The van der Waals surface area contributed by atoms with Crippen LogP contribution < -0.4 is 0 Å². The van der Waals surface area contributed by atoms with Crippen molar-refractivity contribution in [3.05, 3.63) is 142 Å². The fourth-order valence-corrected chi connectivity index (χ4v) is 9.00. The van der Waals surface area contributed by atoms with Crippen LogP contribution in [0.25, 0.3) is 0 Å². The number of alkyl halides is 12. The topological polar surface area (TPSA) is 99.5 Å². The molecule has 8 nitrogen and oxygen atoms in total. The van der Waals surface area contributed by atoms with Crippen LogP contribution in [0.5, 0.6) is 0 Å². The van der Waals surface area contributed by atoms with Crippen molar-refractivity contribution in [3.8, 4) is 0 Å². The average Bonchev–Trinajstić information content (AvgIpc) is 3.79. The minimum Gasteiger partial charge on any atom is -0.444 e. The van der Waals surface area contributed by atoms with Crippen molar-refractivity contribution < 1.29 is 90.7 Å². The maximum Gasteiger partial charge on any atom is 0.430 e. The van der Waals surface area contributed by atoms with Crippen LogP contribution in [0.15, 0.2) is 97.1 Å². The molecule has 2 amide bonds. The lowest BCUT2D eigenvalue weighted by Gasteiger charge is -2.34. The summed E-state index contributed by atoms with van der Waals surface area (Å²) in [7, 11) is 0. The lowest BCUT2D eigenvalue weighted by Crippen LogP contribution is -2.53. The summed E-state index contributed by atoms with van der Waals surface area (Å²) in [4.78, 5) is 28.4. The predicted octanol–water partition coefficient (Wildman–Crippen LogP) is 12.9. The standard InChI is InChI=1S/2C25H26F7NO3/c2*1-21(2,3)36-20(34)33-13-19(22(4,14-33)16-9-11-18(26)12-10-16)15-5-7-17(8-6-15)23(35,24(27,28)29)25(30,31)32/h2*5-12,19,35H,13-14H2,1-4H3/t2*19-,22+/m10/s1. The van der Waals surface area contributed by atoms with E-state index in [-0.39, 0.29) is 26.2 Å². The number of carbonyl (C=O) groups is 2. The Bertz CT molecular complexity index is 2330. The van der Waals surface area contributed by atoms with E-state index in [0.717, 1.165) is 24.3 Å². The van der Waals surface area contributed by atoms with Crippen molar-refractivity contribution in [2.75, 3.05) is 26.2 Å². The number of ether oxygens (including phenoxy) is 2. The summed E-state index contributed by atoms with van der Waals surface area (Å²) in [5.74, 6) is -2.17. The average molecular weight is 1040 g/mol. The molecule has 6 rings (SSSR count). The first-order chi connectivity index (χ1) is 32.6. The third-order valence-electron chi connectivity index (χ3n) is 12.8. The maximum atomic E-state index is 13.6. The van der Waals surface area contributed by atoms with Crippen molar-refractivity contribution in [2.24, 2.45) is 0 Å². The molecule has 2 heterocycles. The summed E-state index contributed by atoms with van der Waals surface area (Å²) in [6, 6.07) is 17.6. The van der Waals surface area contributed by atoms with E-state index in [2.05, 4.69) is 0 Å². The summed E-state index contributed by atoms with van der Waals surface area (Å²) in [6.07, 6.45) is -25.3. The van der Waals surface area contributed by atoms with E-state index in [1.165, 1.54) is 58.3 Å². The highest BCUT2D eigenvalue weighted by Crippen LogP contribution is 2.53. The summed E-state index contributed by atoms with van der Waals surface area (Å²) in [5.41, 5.74) is -14.3. The van der Waals surface area contributed by atoms with Crippen molar-refractivity contribution in [1.82, 2.24) is 9.80 Å². The summed E-state index contributed by atoms with van der Waals surface area (Å²) >= 11 is 0. The van der Waals surface area contributed by atoms with Gasteiger partial charge in [-0.15, -0.1) is 0 Å². The van der Waals surface area contributed by atoms with Gasteiger partial charge in [0.1, 0.15) is 22.8 Å². The number of halogens is 14. The molecule has 0 radical (unpaired) electrons. The van der Waals surface area contributed by atoms with E-state index >= 15 is 0 Å². The molecule has 0 aliphatic carbocycles. The number of likely N-dealkylation sites (tertiary alicyclic amines) is 2. The molecule has 0 spiro atoms. The van der Waals surface area contributed by atoms with Crippen molar-refractivity contribution in [1.29, 1.82) is 0 Å². The van der Waals surface area contributed by atoms with Gasteiger partial charge < -0.3 is 29.5 Å². The highest BCUT2D eigenvalue weighted by atomic mass is 19.4. The fraction of sp³-hybridized carbons (Fsp3) is 0.480. The van der Waals surface area contributed by atoms with Crippen LogP contribution in [0.1, 0.15) is 101 Å². The number of aliphatic hydroxyl groups is 2. The van der Waals surface area contributed by atoms with Crippen LogP contribution in [0.2, 0.25) is 0 Å². The molecule has 4 aromatic rings. The molecule has 22 heteroatoms.